The number of nitrogens with one attached hydrogen (secondary N) is 2. The van der Waals surface area contributed by atoms with Gasteiger partial charge in [-0.25, -0.2) is 4.39 Å². The Kier molecular flexibility index (Phi) is 3.53. The molecule has 0 saturated heterocycles. The van der Waals surface area contributed by atoms with Gasteiger partial charge < -0.3 is 5.32 Å². The highest BCUT2D eigenvalue weighted by molar-refractivity contribution is 9.10. The second kappa shape index (κ2) is 5.09. The Labute approximate surface area is 105 Å². The Balaban J connectivity index is 2.07. The summed E-state index contributed by atoms with van der Waals surface area (Å²) >= 11 is 3.20. The predicted molar refractivity (Wildman–Crippen MR) is 63.9 cm³/mol. The van der Waals surface area contributed by atoms with E-state index in [0.29, 0.717) is 11.0 Å². The fourth-order valence-electron chi connectivity index (χ4n) is 1.33. The van der Waals surface area contributed by atoms with Crippen LogP contribution in [0.2, 0.25) is 0 Å². The van der Waals surface area contributed by atoms with Crippen LogP contribution >= 0.6 is 15.9 Å². The third-order valence-electron chi connectivity index (χ3n) is 2.17. The van der Waals surface area contributed by atoms with Gasteiger partial charge in [0.25, 0.3) is 5.91 Å². The van der Waals surface area contributed by atoms with Crippen molar-refractivity contribution in [3.63, 3.8) is 0 Å². The number of hydrogen-bond donors (Lipinski definition) is 2. The number of aromatic amines is 1. The van der Waals surface area contributed by atoms with Gasteiger partial charge in [-0.2, -0.15) is 5.10 Å². The van der Waals surface area contributed by atoms with Gasteiger partial charge in [0.15, 0.2) is 0 Å². The third kappa shape index (κ3) is 2.91. The molecule has 0 atom stereocenters. The van der Waals surface area contributed by atoms with Crippen molar-refractivity contribution in [1.82, 2.24) is 15.5 Å². The second-order valence-corrected chi connectivity index (χ2v) is 4.24. The summed E-state index contributed by atoms with van der Waals surface area (Å²) in [4.78, 5) is 11.8. The number of rotatable bonds is 3. The molecule has 2 N–H and O–H groups in total. The number of hydrogen-bond acceptors (Lipinski definition) is 2. The Morgan fingerprint density at radius 2 is 2.29 bits per heavy atom. The van der Waals surface area contributed by atoms with Gasteiger partial charge in [-0.1, -0.05) is 0 Å². The number of carbonyl (C=O) groups is 1. The molecule has 1 aromatic heterocycles. The second-order valence-electron chi connectivity index (χ2n) is 3.39. The van der Waals surface area contributed by atoms with Crippen molar-refractivity contribution < 1.29 is 9.18 Å². The first-order valence-corrected chi connectivity index (χ1v) is 5.67. The highest BCUT2D eigenvalue weighted by Crippen LogP contribution is 2.17. The molecule has 0 saturated carbocycles. The number of aromatic nitrogens is 2. The standard InChI is InChI=1S/C11H9BrFN3O/c12-10-2-1-7(13)5-9(10)11(17)14-6-8-3-4-15-16-8/h1-5H,6H2,(H,14,17)(H,15,16). The molecule has 88 valence electrons. The maximum absolute atomic E-state index is 13.0. The van der Waals surface area contributed by atoms with Gasteiger partial charge in [0, 0.05) is 10.7 Å². The number of H-pyrrole nitrogens is 1. The number of halogens is 2. The van der Waals surface area contributed by atoms with Crippen LogP contribution in [0.5, 0.6) is 0 Å². The first-order valence-electron chi connectivity index (χ1n) is 4.88. The van der Waals surface area contributed by atoms with Gasteiger partial charge in [0.1, 0.15) is 5.82 Å². The van der Waals surface area contributed by atoms with E-state index in [1.807, 2.05) is 0 Å². The Bertz CT molecular complexity index is 528. The highest BCUT2D eigenvalue weighted by Gasteiger charge is 2.10. The number of carbonyl (C=O) groups excluding carboxylic acids is 1. The van der Waals surface area contributed by atoms with Crippen LogP contribution < -0.4 is 5.32 Å². The molecule has 0 aliphatic carbocycles. The number of amides is 1. The fraction of sp³-hybridized carbons (Fsp3) is 0.0909. The van der Waals surface area contributed by atoms with Crippen LogP contribution in [0, 0.1) is 5.82 Å². The molecule has 17 heavy (non-hydrogen) atoms. The first kappa shape index (κ1) is 11.8. The minimum absolute atomic E-state index is 0.268. The van der Waals surface area contributed by atoms with Crippen molar-refractivity contribution in [2.24, 2.45) is 0 Å². The van der Waals surface area contributed by atoms with Crippen LogP contribution in [0.25, 0.3) is 0 Å². The van der Waals surface area contributed by atoms with E-state index in [9.17, 15) is 9.18 Å². The summed E-state index contributed by atoms with van der Waals surface area (Å²) in [7, 11) is 0. The fourth-order valence-corrected chi connectivity index (χ4v) is 1.75. The van der Waals surface area contributed by atoms with Crippen LogP contribution in [0.4, 0.5) is 4.39 Å². The van der Waals surface area contributed by atoms with Gasteiger partial charge in [-0.15, -0.1) is 0 Å². The molecule has 0 aliphatic heterocycles. The van der Waals surface area contributed by atoms with Crippen LogP contribution in [-0.2, 0) is 6.54 Å². The first-order chi connectivity index (χ1) is 8.16. The van der Waals surface area contributed by atoms with Crippen LogP contribution in [-0.4, -0.2) is 16.1 Å². The summed E-state index contributed by atoms with van der Waals surface area (Å²) in [6, 6.07) is 5.73. The largest absolute Gasteiger partial charge is 0.346 e. The minimum Gasteiger partial charge on any atom is -0.346 e. The van der Waals surface area contributed by atoms with E-state index in [4.69, 9.17) is 0 Å². The van der Waals surface area contributed by atoms with Gasteiger partial charge in [0.05, 0.1) is 17.8 Å². The molecule has 2 aromatic rings. The molecular weight excluding hydrogens is 289 g/mol. The van der Waals surface area contributed by atoms with Crippen molar-refractivity contribution in [3.8, 4) is 0 Å². The predicted octanol–water partition coefficient (Wildman–Crippen LogP) is 2.24. The summed E-state index contributed by atoms with van der Waals surface area (Å²) in [5, 5.41) is 9.14. The smallest absolute Gasteiger partial charge is 0.252 e. The Morgan fingerprint density at radius 3 is 3.00 bits per heavy atom. The molecule has 0 aliphatic rings. The zero-order valence-corrected chi connectivity index (χ0v) is 10.3. The normalized spacial score (nSPS) is 10.2. The molecule has 0 radical (unpaired) electrons. The zero-order valence-electron chi connectivity index (χ0n) is 8.71. The lowest BCUT2D eigenvalue weighted by Gasteiger charge is -2.05. The molecule has 0 bridgehead atoms. The zero-order chi connectivity index (χ0) is 12.3. The summed E-state index contributed by atoms with van der Waals surface area (Å²) in [6.07, 6.45) is 1.60. The summed E-state index contributed by atoms with van der Waals surface area (Å²) in [6.45, 7) is 0.321. The average molecular weight is 298 g/mol. The van der Waals surface area contributed by atoms with Crippen molar-refractivity contribution >= 4 is 21.8 Å². The molecular formula is C11H9BrFN3O. The van der Waals surface area contributed by atoms with Crippen molar-refractivity contribution in [3.05, 3.63) is 52.0 Å². The van der Waals surface area contributed by atoms with Gasteiger partial charge >= 0.3 is 0 Å². The van der Waals surface area contributed by atoms with Crippen LogP contribution in [0.1, 0.15) is 16.1 Å². The van der Waals surface area contributed by atoms with E-state index in [1.54, 1.807) is 12.3 Å². The van der Waals surface area contributed by atoms with E-state index in [0.717, 1.165) is 5.69 Å². The highest BCUT2D eigenvalue weighted by atomic mass is 79.9. The quantitative estimate of drug-likeness (QED) is 0.913. The van der Waals surface area contributed by atoms with Crippen LogP contribution in [0.15, 0.2) is 34.9 Å². The third-order valence-corrected chi connectivity index (χ3v) is 2.86. The van der Waals surface area contributed by atoms with E-state index in [-0.39, 0.29) is 11.5 Å². The summed E-state index contributed by atoms with van der Waals surface area (Å²) in [5.74, 6) is -0.786. The molecule has 2 rings (SSSR count). The molecule has 6 heteroatoms. The average Bonchev–Trinajstić information content (AvgIpc) is 2.82. The van der Waals surface area contributed by atoms with Gasteiger partial charge in [0.2, 0.25) is 0 Å². The lowest BCUT2D eigenvalue weighted by Crippen LogP contribution is -2.23. The molecule has 1 aromatic carbocycles. The maximum atomic E-state index is 13.0. The summed E-state index contributed by atoms with van der Waals surface area (Å²) < 4.78 is 13.6. The minimum atomic E-state index is -0.445. The molecule has 1 amide bonds. The Hall–Kier alpha value is -1.69. The van der Waals surface area contributed by atoms with E-state index >= 15 is 0 Å². The SMILES string of the molecule is O=C(NCc1ccn[nH]1)c1cc(F)ccc1Br. The monoisotopic (exact) mass is 297 g/mol. The molecule has 1 heterocycles. The number of nitrogens with zero attached hydrogens (tertiary/aromatic N) is 1. The maximum Gasteiger partial charge on any atom is 0.252 e. The van der Waals surface area contributed by atoms with Gasteiger partial charge in [-0.05, 0) is 40.2 Å². The van der Waals surface area contributed by atoms with Gasteiger partial charge in [-0.3, -0.25) is 9.89 Å². The lowest BCUT2D eigenvalue weighted by atomic mass is 10.2. The van der Waals surface area contributed by atoms with Crippen LogP contribution in [0.3, 0.4) is 0 Å². The van der Waals surface area contributed by atoms with E-state index < -0.39 is 5.82 Å². The Morgan fingerprint density at radius 1 is 1.47 bits per heavy atom. The summed E-state index contributed by atoms with van der Waals surface area (Å²) in [5.41, 5.74) is 1.05. The molecule has 0 fully saturated rings. The lowest BCUT2D eigenvalue weighted by molar-refractivity contribution is 0.0949. The molecule has 0 spiro atoms. The van der Waals surface area contributed by atoms with Crippen molar-refractivity contribution in [2.45, 2.75) is 6.54 Å². The number of benzene rings is 1. The van der Waals surface area contributed by atoms with Crippen molar-refractivity contribution in [2.75, 3.05) is 0 Å². The van der Waals surface area contributed by atoms with Crippen molar-refractivity contribution in [1.29, 1.82) is 0 Å². The molecule has 0 unspecified atom stereocenters. The molecule has 4 nitrogen and oxygen atoms in total. The van der Waals surface area contributed by atoms with E-state index in [2.05, 4.69) is 31.4 Å². The van der Waals surface area contributed by atoms with E-state index in [1.165, 1.54) is 18.2 Å². The topological polar surface area (TPSA) is 57.8 Å².